The summed E-state index contributed by atoms with van der Waals surface area (Å²) in [4.78, 5) is 18.6. The van der Waals surface area contributed by atoms with Gasteiger partial charge in [0.15, 0.2) is 11.5 Å². The van der Waals surface area contributed by atoms with Crippen molar-refractivity contribution in [3.05, 3.63) is 82.9 Å². The molecule has 7 heteroatoms. The Kier molecular flexibility index (Phi) is 6.33. The van der Waals surface area contributed by atoms with Gasteiger partial charge in [-0.15, -0.1) is 0 Å². The molecule has 1 fully saturated rings. The number of carbonyl (C=O) groups excluding carboxylic acids is 1. The van der Waals surface area contributed by atoms with Crippen LogP contribution in [0.25, 0.3) is 0 Å². The molecule has 0 aliphatic carbocycles. The van der Waals surface area contributed by atoms with Gasteiger partial charge in [-0.05, 0) is 36.3 Å². The number of hydrogen-bond donors (Lipinski definition) is 0. The van der Waals surface area contributed by atoms with Crippen molar-refractivity contribution >= 4 is 17.5 Å². The first-order valence-electron chi connectivity index (χ1n) is 9.49. The van der Waals surface area contributed by atoms with Crippen LogP contribution < -0.4 is 4.74 Å². The number of halogens is 1. The van der Waals surface area contributed by atoms with E-state index in [0.29, 0.717) is 36.4 Å². The first-order chi connectivity index (χ1) is 14.7. The number of furan rings is 1. The second-order valence-electron chi connectivity index (χ2n) is 6.65. The van der Waals surface area contributed by atoms with Crippen molar-refractivity contribution < 1.29 is 18.7 Å². The minimum Gasteiger partial charge on any atom is -0.475 e. The predicted molar refractivity (Wildman–Crippen MR) is 112 cm³/mol. The average Bonchev–Trinajstić information content (AvgIpc) is 3.27. The minimum absolute atomic E-state index is 0.194. The standard InChI is InChI=1S/C23H19ClN2O4/c24-18-7-11-22(25-14-18)29-16-20-15-26(12-13-28-20)23(27)21-10-9-19(30-21)8-6-17-4-2-1-3-5-17/h1-5,7,9-11,14,20H,12-13,15-16H2. The molecule has 1 atom stereocenters. The third-order valence-electron chi connectivity index (χ3n) is 4.46. The van der Waals surface area contributed by atoms with Crippen molar-refractivity contribution in [2.45, 2.75) is 6.10 Å². The molecule has 1 amide bonds. The summed E-state index contributed by atoms with van der Waals surface area (Å²) in [5.74, 6) is 6.93. The van der Waals surface area contributed by atoms with E-state index in [1.54, 1.807) is 29.2 Å². The number of pyridine rings is 1. The van der Waals surface area contributed by atoms with Crippen molar-refractivity contribution in [1.82, 2.24) is 9.88 Å². The Morgan fingerprint density at radius 1 is 1.17 bits per heavy atom. The second-order valence-corrected chi connectivity index (χ2v) is 7.09. The molecule has 0 N–H and O–H groups in total. The van der Waals surface area contributed by atoms with Gasteiger partial charge in [0.25, 0.3) is 5.91 Å². The smallest absolute Gasteiger partial charge is 0.289 e. The highest BCUT2D eigenvalue weighted by atomic mass is 35.5. The van der Waals surface area contributed by atoms with Gasteiger partial charge in [0.2, 0.25) is 5.88 Å². The van der Waals surface area contributed by atoms with E-state index in [1.165, 1.54) is 6.20 Å². The number of ether oxygens (including phenoxy) is 2. The molecule has 152 valence electrons. The van der Waals surface area contributed by atoms with Gasteiger partial charge in [0, 0.05) is 24.4 Å². The van der Waals surface area contributed by atoms with Gasteiger partial charge >= 0.3 is 0 Å². The lowest BCUT2D eigenvalue weighted by Gasteiger charge is -2.32. The van der Waals surface area contributed by atoms with Crippen LogP contribution in [0.15, 0.2) is 65.2 Å². The van der Waals surface area contributed by atoms with Crippen LogP contribution in [0.5, 0.6) is 5.88 Å². The predicted octanol–water partition coefficient (Wildman–Crippen LogP) is 3.65. The minimum atomic E-state index is -0.257. The average molecular weight is 423 g/mol. The van der Waals surface area contributed by atoms with E-state index < -0.39 is 0 Å². The van der Waals surface area contributed by atoms with E-state index in [0.717, 1.165) is 5.56 Å². The molecule has 0 spiro atoms. The maximum Gasteiger partial charge on any atom is 0.289 e. The zero-order chi connectivity index (χ0) is 20.8. The lowest BCUT2D eigenvalue weighted by Crippen LogP contribution is -2.47. The summed E-state index contributed by atoms with van der Waals surface area (Å²) in [6.45, 7) is 1.60. The summed E-state index contributed by atoms with van der Waals surface area (Å²) in [5, 5.41) is 0.541. The molecule has 1 aliphatic rings. The van der Waals surface area contributed by atoms with Crippen LogP contribution in [0.2, 0.25) is 5.02 Å². The van der Waals surface area contributed by atoms with Gasteiger partial charge in [-0.1, -0.05) is 35.7 Å². The fraction of sp³-hybridized carbons (Fsp3) is 0.217. The van der Waals surface area contributed by atoms with Crippen LogP contribution in [0.4, 0.5) is 0 Å². The Labute approximate surface area is 179 Å². The summed E-state index contributed by atoms with van der Waals surface area (Å²) in [7, 11) is 0. The Bertz CT molecular complexity index is 1050. The van der Waals surface area contributed by atoms with Crippen LogP contribution in [-0.4, -0.2) is 48.2 Å². The summed E-state index contributed by atoms with van der Waals surface area (Å²) in [6, 6.07) is 16.3. The summed E-state index contributed by atoms with van der Waals surface area (Å²) >= 11 is 5.82. The van der Waals surface area contributed by atoms with Gasteiger partial charge < -0.3 is 18.8 Å². The highest BCUT2D eigenvalue weighted by Crippen LogP contribution is 2.16. The lowest BCUT2D eigenvalue weighted by atomic mass is 10.2. The Balaban J connectivity index is 1.34. The van der Waals surface area contributed by atoms with E-state index in [4.69, 9.17) is 25.5 Å². The molecule has 4 rings (SSSR count). The number of carbonyl (C=O) groups is 1. The second kappa shape index (κ2) is 9.49. The van der Waals surface area contributed by atoms with Gasteiger partial charge in [-0.2, -0.15) is 0 Å². The molecule has 3 heterocycles. The molecule has 1 unspecified atom stereocenters. The fourth-order valence-corrected chi connectivity index (χ4v) is 3.07. The highest BCUT2D eigenvalue weighted by Gasteiger charge is 2.27. The van der Waals surface area contributed by atoms with Crippen LogP contribution in [0, 0.1) is 11.8 Å². The monoisotopic (exact) mass is 422 g/mol. The quantitative estimate of drug-likeness (QED) is 0.600. The SMILES string of the molecule is O=C(c1ccc(C#Cc2ccccc2)o1)N1CCOC(COc2ccc(Cl)cn2)C1. The molecule has 3 aromatic rings. The van der Waals surface area contributed by atoms with Crippen molar-refractivity contribution in [3.8, 4) is 17.7 Å². The van der Waals surface area contributed by atoms with Crippen molar-refractivity contribution in [1.29, 1.82) is 0 Å². The van der Waals surface area contributed by atoms with Gasteiger partial charge in [0.1, 0.15) is 12.7 Å². The van der Waals surface area contributed by atoms with E-state index in [2.05, 4.69) is 16.8 Å². The molecule has 1 aromatic carbocycles. The van der Waals surface area contributed by atoms with Crippen LogP contribution >= 0.6 is 11.6 Å². The first-order valence-corrected chi connectivity index (χ1v) is 9.87. The van der Waals surface area contributed by atoms with Crippen molar-refractivity contribution in [2.75, 3.05) is 26.3 Å². The first kappa shape index (κ1) is 20.0. The Morgan fingerprint density at radius 3 is 2.83 bits per heavy atom. The fourth-order valence-electron chi connectivity index (χ4n) is 2.96. The third-order valence-corrected chi connectivity index (χ3v) is 4.69. The molecule has 1 saturated heterocycles. The number of aromatic nitrogens is 1. The van der Waals surface area contributed by atoms with E-state index in [9.17, 15) is 4.79 Å². The topological polar surface area (TPSA) is 64.8 Å². The number of benzene rings is 1. The third kappa shape index (κ3) is 5.20. The zero-order valence-electron chi connectivity index (χ0n) is 16.1. The van der Waals surface area contributed by atoms with E-state index in [1.807, 2.05) is 30.3 Å². The molecular formula is C23H19ClN2O4. The van der Waals surface area contributed by atoms with Gasteiger partial charge in [-0.25, -0.2) is 4.98 Å². The maximum absolute atomic E-state index is 12.8. The Morgan fingerprint density at radius 2 is 2.03 bits per heavy atom. The van der Waals surface area contributed by atoms with E-state index in [-0.39, 0.29) is 24.4 Å². The number of amides is 1. The number of morpholine rings is 1. The molecular weight excluding hydrogens is 404 g/mol. The lowest BCUT2D eigenvalue weighted by molar-refractivity contribution is -0.0414. The van der Waals surface area contributed by atoms with Gasteiger partial charge in [0.05, 0.1) is 18.2 Å². The highest BCUT2D eigenvalue weighted by molar-refractivity contribution is 6.30. The molecule has 1 aliphatic heterocycles. The molecule has 6 nitrogen and oxygen atoms in total. The van der Waals surface area contributed by atoms with Crippen LogP contribution in [0.1, 0.15) is 21.9 Å². The van der Waals surface area contributed by atoms with Gasteiger partial charge in [-0.3, -0.25) is 4.79 Å². The Hall–Kier alpha value is -3.27. The maximum atomic E-state index is 12.8. The number of hydrogen-bond acceptors (Lipinski definition) is 5. The number of rotatable bonds is 4. The number of nitrogens with zero attached hydrogens (tertiary/aromatic N) is 2. The van der Waals surface area contributed by atoms with Crippen LogP contribution in [0.3, 0.4) is 0 Å². The van der Waals surface area contributed by atoms with Crippen molar-refractivity contribution in [2.24, 2.45) is 0 Å². The van der Waals surface area contributed by atoms with E-state index >= 15 is 0 Å². The summed E-state index contributed by atoms with van der Waals surface area (Å²) < 4.78 is 17.0. The molecule has 0 saturated carbocycles. The molecule has 0 bridgehead atoms. The molecule has 30 heavy (non-hydrogen) atoms. The summed E-state index contributed by atoms with van der Waals surface area (Å²) in [6.07, 6.45) is 1.26. The zero-order valence-corrected chi connectivity index (χ0v) is 16.8. The van der Waals surface area contributed by atoms with Crippen LogP contribution in [-0.2, 0) is 4.74 Å². The molecule has 0 radical (unpaired) electrons. The van der Waals surface area contributed by atoms with Crippen molar-refractivity contribution in [3.63, 3.8) is 0 Å². The summed E-state index contributed by atoms with van der Waals surface area (Å²) in [5.41, 5.74) is 0.882. The molecule has 2 aromatic heterocycles. The normalized spacial score (nSPS) is 15.9. The largest absolute Gasteiger partial charge is 0.475 e.